The minimum absolute atomic E-state index is 0.0238. The van der Waals surface area contributed by atoms with E-state index in [1.54, 1.807) is 0 Å². The average Bonchev–Trinajstić information content (AvgIpc) is 3.35. The van der Waals surface area contributed by atoms with Crippen molar-refractivity contribution >= 4 is 27.5 Å². The zero-order valence-corrected chi connectivity index (χ0v) is 17.1. The van der Waals surface area contributed by atoms with Crippen LogP contribution in [0.4, 0.5) is 4.79 Å². The smallest absolute Gasteiger partial charge is 0.407 e. The van der Waals surface area contributed by atoms with E-state index in [1.165, 1.54) is 33.6 Å². The van der Waals surface area contributed by atoms with Crippen molar-refractivity contribution in [1.82, 2.24) is 5.32 Å². The van der Waals surface area contributed by atoms with Gasteiger partial charge in [0.05, 0.1) is 6.54 Å². The number of hydrogen-bond acceptors (Lipinski definition) is 4. The second-order valence-corrected chi connectivity index (χ2v) is 8.52. The highest BCUT2D eigenvalue weighted by atomic mass is 32.1. The number of alkyl carbamates (subject to hydrolysis) is 1. The van der Waals surface area contributed by atoms with Crippen LogP contribution in [0.3, 0.4) is 0 Å². The summed E-state index contributed by atoms with van der Waals surface area (Å²) < 4.78 is 6.65. The predicted octanol–water partition coefficient (Wildman–Crippen LogP) is 5.47. The second-order valence-electron chi connectivity index (χ2n) is 7.41. The summed E-state index contributed by atoms with van der Waals surface area (Å²) in [5, 5.41) is 14.2. The molecular weight excluding hydrogens is 394 g/mol. The van der Waals surface area contributed by atoms with Gasteiger partial charge in [0.1, 0.15) is 12.7 Å². The number of carbonyl (C=O) groups is 1. The first-order valence-electron chi connectivity index (χ1n) is 9.96. The minimum Gasteiger partial charge on any atom is -0.449 e. The van der Waals surface area contributed by atoms with Crippen LogP contribution in [-0.4, -0.2) is 24.4 Å². The number of thiophene rings is 1. The molecule has 1 aromatic heterocycles. The van der Waals surface area contributed by atoms with Crippen LogP contribution in [0.1, 0.15) is 28.0 Å². The van der Waals surface area contributed by atoms with Gasteiger partial charge >= 0.3 is 6.09 Å². The molecule has 0 bridgehead atoms. The normalized spacial score (nSPS) is 13.6. The lowest BCUT2D eigenvalue weighted by Gasteiger charge is -2.15. The summed E-state index contributed by atoms with van der Waals surface area (Å²) in [6.07, 6.45) is -1.28. The first kappa shape index (κ1) is 18.9. The van der Waals surface area contributed by atoms with Gasteiger partial charge in [0, 0.05) is 15.5 Å². The molecule has 4 aromatic rings. The highest BCUT2D eigenvalue weighted by Gasteiger charge is 2.29. The lowest BCUT2D eigenvalue weighted by Crippen LogP contribution is -2.29. The molecule has 1 aliphatic rings. The van der Waals surface area contributed by atoms with E-state index < -0.39 is 12.2 Å². The number of ether oxygens (including phenoxy) is 1. The summed E-state index contributed by atoms with van der Waals surface area (Å²) in [5.74, 6) is 0.0238. The highest BCUT2D eigenvalue weighted by molar-refractivity contribution is 7.19. The van der Waals surface area contributed by atoms with Gasteiger partial charge in [-0.15, -0.1) is 11.3 Å². The van der Waals surface area contributed by atoms with Gasteiger partial charge in [-0.2, -0.15) is 0 Å². The predicted molar refractivity (Wildman–Crippen MR) is 120 cm³/mol. The first-order valence-corrected chi connectivity index (χ1v) is 10.8. The molecule has 0 spiro atoms. The van der Waals surface area contributed by atoms with E-state index in [2.05, 4.69) is 29.6 Å². The second kappa shape index (κ2) is 7.94. The Kier molecular flexibility index (Phi) is 4.99. The van der Waals surface area contributed by atoms with E-state index in [-0.39, 0.29) is 19.1 Å². The molecular formula is C25H21NO3S. The summed E-state index contributed by atoms with van der Waals surface area (Å²) in [4.78, 5) is 13.1. The Morgan fingerprint density at radius 1 is 0.967 bits per heavy atom. The van der Waals surface area contributed by atoms with Crippen LogP contribution in [0.15, 0.2) is 78.9 Å². The van der Waals surface area contributed by atoms with Crippen molar-refractivity contribution in [2.24, 2.45) is 0 Å². The van der Waals surface area contributed by atoms with E-state index >= 15 is 0 Å². The zero-order valence-electron chi connectivity index (χ0n) is 16.2. The Bertz CT molecular complexity index is 1140. The van der Waals surface area contributed by atoms with E-state index in [9.17, 15) is 9.90 Å². The quantitative estimate of drug-likeness (QED) is 0.454. The summed E-state index contributed by atoms with van der Waals surface area (Å²) in [6.45, 7) is 0.377. The van der Waals surface area contributed by atoms with Crippen molar-refractivity contribution < 1.29 is 14.6 Å². The van der Waals surface area contributed by atoms with Crippen molar-refractivity contribution in [1.29, 1.82) is 0 Å². The van der Waals surface area contributed by atoms with E-state index in [0.29, 0.717) is 0 Å². The fourth-order valence-electron chi connectivity index (χ4n) is 4.10. The average molecular weight is 416 g/mol. The number of amides is 1. The van der Waals surface area contributed by atoms with Crippen LogP contribution in [0.2, 0.25) is 0 Å². The minimum atomic E-state index is -0.761. The van der Waals surface area contributed by atoms with Crippen molar-refractivity contribution in [2.75, 3.05) is 13.2 Å². The fraction of sp³-hybridized carbons (Fsp3) is 0.160. The summed E-state index contributed by atoms with van der Waals surface area (Å²) in [6, 6.07) is 26.4. The molecule has 1 atom stereocenters. The van der Waals surface area contributed by atoms with Gasteiger partial charge in [-0.25, -0.2) is 4.79 Å². The van der Waals surface area contributed by atoms with Crippen molar-refractivity contribution in [3.8, 4) is 11.1 Å². The molecule has 1 amide bonds. The van der Waals surface area contributed by atoms with Crippen molar-refractivity contribution in [2.45, 2.75) is 12.0 Å². The number of rotatable bonds is 5. The molecule has 1 aliphatic carbocycles. The molecule has 150 valence electrons. The lowest BCUT2D eigenvalue weighted by molar-refractivity contribution is 0.129. The van der Waals surface area contributed by atoms with Gasteiger partial charge in [-0.3, -0.25) is 0 Å². The van der Waals surface area contributed by atoms with Crippen LogP contribution in [0, 0.1) is 0 Å². The van der Waals surface area contributed by atoms with Gasteiger partial charge in [0.25, 0.3) is 0 Å². The van der Waals surface area contributed by atoms with Crippen LogP contribution in [0.25, 0.3) is 21.2 Å². The molecule has 0 radical (unpaired) electrons. The van der Waals surface area contributed by atoms with Gasteiger partial charge in [0.15, 0.2) is 0 Å². The Hall–Kier alpha value is -3.15. The number of benzene rings is 3. The van der Waals surface area contributed by atoms with Crippen molar-refractivity contribution in [3.05, 3.63) is 94.9 Å². The van der Waals surface area contributed by atoms with Gasteiger partial charge in [-0.1, -0.05) is 66.7 Å². The third-order valence-electron chi connectivity index (χ3n) is 5.56. The molecule has 0 aliphatic heterocycles. The van der Waals surface area contributed by atoms with Gasteiger partial charge in [0.2, 0.25) is 0 Å². The molecule has 30 heavy (non-hydrogen) atoms. The number of fused-ring (bicyclic) bond motifs is 4. The molecule has 5 rings (SSSR count). The highest BCUT2D eigenvalue weighted by Crippen LogP contribution is 2.44. The number of aliphatic hydroxyl groups excluding tert-OH is 1. The van der Waals surface area contributed by atoms with Gasteiger partial charge < -0.3 is 15.2 Å². The van der Waals surface area contributed by atoms with Gasteiger partial charge in [-0.05, 0) is 39.8 Å². The molecule has 3 aromatic carbocycles. The Morgan fingerprint density at radius 2 is 1.60 bits per heavy atom. The molecule has 2 N–H and O–H groups in total. The summed E-state index contributed by atoms with van der Waals surface area (Å²) in [5.41, 5.74) is 4.75. The molecule has 0 saturated carbocycles. The Balaban J connectivity index is 1.21. The SMILES string of the molecule is O=C(NC[C@H](O)c1cc2ccccc2s1)OCC1c2ccccc2-c2ccccc21. The Morgan fingerprint density at radius 3 is 2.30 bits per heavy atom. The number of hydrogen-bond donors (Lipinski definition) is 2. The number of aliphatic hydroxyl groups is 1. The Labute approximate surface area is 178 Å². The molecule has 0 saturated heterocycles. The third-order valence-corrected chi connectivity index (χ3v) is 6.77. The standard InChI is InChI=1S/C25H21NO3S/c27-22(24-13-16-7-1-6-12-23(16)30-24)14-26-25(28)29-15-21-19-10-4-2-8-17(19)18-9-3-5-11-20(18)21/h1-13,21-22,27H,14-15H2,(H,26,28)/t22-/m0/s1. The third kappa shape index (κ3) is 3.47. The molecule has 4 nitrogen and oxygen atoms in total. The molecule has 0 fully saturated rings. The van der Waals surface area contributed by atoms with Crippen LogP contribution in [-0.2, 0) is 4.74 Å². The topological polar surface area (TPSA) is 58.6 Å². The summed E-state index contributed by atoms with van der Waals surface area (Å²) >= 11 is 1.53. The molecule has 1 heterocycles. The fourth-order valence-corrected chi connectivity index (χ4v) is 5.15. The number of nitrogens with one attached hydrogen (secondary N) is 1. The lowest BCUT2D eigenvalue weighted by atomic mass is 9.98. The molecule has 0 unspecified atom stereocenters. The number of carbonyl (C=O) groups excluding carboxylic acids is 1. The zero-order chi connectivity index (χ0) is 20.5. The summed E-state index contributed by atoms with van der Waals surface area (Å²) in [7, 11) is 0. The van der Waals surface area contributed by atoms with Crippen LogP contribution in [0.5, 0.6) is 0 Å². The van der Waals surface area contributed by atoms with Crippen LogP contribution >= 0.6 is 11.3 Å². The van der Waals surface area contributed by atoms with E-state index in [0.717, 1.165) is 15.0 Å². The largest absolute Gasteiger partial charge is 0.449 e. The first-order chi connectivity index (χ1) is 14.7. The van der Waals surface area contributed by atoms with E-state index in [1.807, 2.05) is 54.6 Å². The molecule has 5 heteroatoms. The maximum atomic E-state index is 12.3. The maximum Gasteiger partial charge on any atom is 0.407 e. The van der Waals surface area contributed by atoms with Crippen molar-refractivity contribution in [3.63, 3.8) is 0 Å². The maximum absolute atomic E-state index is 12.3. The van der Waals surface area contributed by atoms with E-state index in [4.69, 9.17) is 4.74 Å². The monoisotopic (exact) mass is 415 g/mol. The van der Waals surface area contributed by atoms with Crippen LogP contribution < -0.4 is 5.32 Å².